The van der Waals surface area contributed by atoms with Crippen molar-refractivity contribution in [2.24, 2.45) is 18.0 Å². The zero-order valence-corrected chi connectivity index (χ0v) is 12.6. The monoisotopic (exact) mass is 278 g/mol. The van der Waals surface area contributed by atoms with E-state index < -0.39 is 0 Å². The minimum Gasteiger partial charge on any atom is -0.356 e. The van der Waals surface area contributed by atoms with Crippen molar-refractivity contribution in [3.05, 3.63) is 12.2 Å². The summed E-state index contributed by atoms with van der Waals surface area (Å²) in [5.41, 5.74) is 0. The van der Waals surface area contributed by atoms with E-state index in [2.05, 4.69) is 25.8 Å². The number of guanidine groups is 1. The van der Waals surface area contributed by atoms with Crippen molar-refractivity contribution in [1.29, 1.82) is 0 Å². The smallest absolute Gasteiger partial charge is 0.191 e. The molecule has 1 aliphatic rings. The molecule has 6 nitrogen and oxygen atoms in total. The fourth-order valence-corrected chi connectivity index (χ4v) is 2.75. The maximum atomic E-state index is 4.22. The third kappa shape index (κ3) is 4.51. The van der Waals surface area contributed by atoms with E-state index in [9.17, 15) is 0 Å². The van der Waals surface area contributed by atoms with Crippen molar-refractivity contribution in [1.82, 2.24) is 25.4 Å². The van der Waals surface area contributed by atoms with E-state index in [-0.39, 0.29) is 0 Å². The lowest BCUT2D eigenvalue weighted by Gasteiger charge is -2.13. The predicted molar refractivity (Wildman–Crippen MR) is 80.4 cm³/mol. The van der Waals surface area contributed by atoms with Crippen molar-refractivity contribution in [3.63, 3.8) is 0 Å². The molecule has 0 aromatic carbocycles. The molecule has 0 aliphatic heterocycles. The molecule has 1 saturated carbocycles. The van der Waals surface area contributed by atoms with Crippen molar-refractivity contribution in [3.8, 4) is 0 Å². The molecule has 20 heavy (non-hydrogen) atoms. The van der Waals surface area contributed by atoms with Gasteiger partial charge in [-0.05, 0) is 18.8 Å². The van der Waals surface area contributed by atoms with Gasteiger partial charge in [0.05, 0.1) is 6.54 Å². The van der Waals surface area contributed by atoms with E-state index >= 15 is 0 Å². The first-order valence-corrected chi connectivity index (χ1v) is 7.57. The van der Waals surface area contributed by atoms with Crippen LogP contribution < -0.4 is 10.6 Å². The van der Waals surface area contributed by atoms with Crippen LogP contribution >= 0.6 is 0 Å². The highest BCUT2D eigenvalue weighted by atomic mass is 15.3. The number of hydrogen-bond acceptors (Lipinski definition) is 3. The normalized spacial score (nSPS) is 16.6. The molecule has 1 aromatic heterocycles. The molecule has 1 aromatic rings. The molecule has 0 bridgehead atoms. The molecule has 1 aliphatic carbocycles. The molecule has 0 radical (unpaired) electrons. The van der Waals surface area contributed by atoms with E-state index in [0.717, 1.165) is 24.2 Å². The molecule has 0 spiro atoms. The SMILES string of the molecule is CN=C(NCCCC1CCCC1)NCc1nncn1C. The van der Waals surface area contributed by atoms with Crippen molar-refractivity contribution in [2.75, 3.05) is 13.6 Å². The summed E-state index contributed by atoms with van der Waals surface area (Å²) in [5.74, 6) is 2.70. The summed E-state index contributed by atoms with van der Waals surface area (Å²) in [5, 5.41) is 14.5. The maximum Gasteiger partial charge on any atom is 0.191 e. The van der Waals surface area contributed by atoms with Gasteiger partial charge < -0.3 is 15.2 Å². The Kier molecular flexibility index (Phi) is 5.83. The molecule has 2 rings (SSSR count). The van der Waals surface area contributed by atoms with Crippen LogP contribution in [0, 0.1) is 5.92 Å². The van der Waals surface area contributed by atoms with Gasteiger partial charge in [-0.15, -0.1) is 10.2 Å². The Morgan fingerprint density at radius 1 is 1.40 bits per heavy atom. The Hall–Kier alpha value is -1.59. The second kappa shape index (κ2) is 7.87. The number of nitrogens with zero attached hydrogens (tertiary/aromatic N) is 4. The van der Waals surface area contributed by atoms with Crippen LogP contribution in [-0.4, -0.2) is 34.3 Å². The Labute approximate surface area is 121 Å². The van der Waals surface area contributed by atoms with E-state index in [0.29, 0.717) is 6.54 Å². The number of nitrogens with one attached hydrogen (secondary N) is 2. The van der Waals surface area contributed by atoms with Gasteiger partial charge in [0.25, 0.3) is 0 Å². The summed E-state index contributed by atoms with van der Waals surface area (Å²) in [6.07, 6.45) is 9.98. The molecule has 0 amide bonds. The van der Waals surface area contributed by atoms with Crippen LogP contribution in [0.1, 0.15) is 44.3 Å². The van der Waals surface area contributed by atoms with Crippen LogP contribution in [0.15, 0.2) is 11.3 Å². The Bertz CT molecular complexity index is 419. The summed E-state index contributed by atoms with van der Waals surface area (Å²) >= 11 is 0. The summed E-state index contributed by atoms with van der Waals surface area (Å²) < 4.78 is 1.90. The Balaban J connectivity index is 1.61. The zero-order chi connectivity index (χ0) is 14.2. The van der Waals surface area contributed by atoms with Crippen LogP contribution in [-0.2, 0) is 13.6 Å². The number of hydrogen-bond donors (Lipinski definition) is 2. The quantitative estimate of drug-likeness (QED) is 0.469. The van der Waals surface area contributed by atoms with Crippen LogP contribution in [0.5, 0.6) is 0 Å². The van der Waals surface area contributed by atoms with E-state index in [1.165, 1.54) is 38.5 Å². The molecular weight excluding hydrogens is 252 g/mol. The average molecular weight is 278 g/mol. The van der Waals surface area contributed by atoms with Gasteiger partial charge >= 0.3 is 0 Å². The van der Waals surface area contributed by atoms with E-state index in [1.807, 2.05) is 11.6 Å². The fraction of sp³-hybridized carbons (Fsp3) is 0.786. The van der Waals surface area contributed by atoms with Gasteiger partial charge in [0, 0.05) is 20.6 Å². The molecule has 1 fully saturated rings. The van der Waals surface area contributed by atoms with Crippen molar-refractivity contribution >= 4 is 5.96 Å². The molecule has 2 N–H and O–H groups in total. The lowest BCUT2D eigenvalue weighted by Crippen LogP contribution is -2.37. The van der Waals surface area contributed by atoms with Crippen LogP contribution in [0.4, 0.5) is 0 Å². The minimum atomic E-state index is 0.638. The van der Waals surface area contributed by atoms with E-state index in [1.54, 1.807) is 13.4 Å². The first-order chi connectivity index (χ1) is 9.79. The van der Waals surface area contributed by atoms with Gasteiger partial charge in [0.1, 0.15) is 6.33 Å². The van der Waals surface area contributed by atoms with Gasteiger partial charge in [0.2, 0.25) is 0 Å². The highest BCUT2D eigenvalue weighted by Gasteiger charge is 2.14. The minimum absolute atomic E-state index is 0.638. The Morgan fingerprint density at radius 2 is 2.20 bits per heavy atom. The molecule has 6 heteroatoms. The molecule has 0 unspecified atom stereocenters. The molecule has 112 valence electrons. The van der Waals surface area contributed by atoms with E-state index in [4.69, 9.17) is 0 Å². The first-order valence-electron chi connectivity index (χ1n) is 7.57. The standard InChI is InChI=1S/C14H26N6/c1-15-14(17-10-13-19-18-11-20(13)2)16-9-5-8-12-6-3-4-7-12/h11-12H,3-10H2,1-2H3,(H2,15,16,17). The predicted octanol–water partition coefficient (Wildman–Crippen LogP) is 1.45. The van der Waals surface area contributed by atoms with Crippen LogP contribution in [0.2, 0.25) is 0 Å². The zero-order valence-electron chi connectivity index (χ0n) is 12.6. The Morgan fingerprint density at radius 3 is 2.85 bits per heavy atom. The average Bonchev–Trinajstić information content (AvgIpc) is 3.10. The topological polar surface area (TPSA) is 67.1 Å². The summed E-state index contributed by atoms with van der Waals surface area (Å²) in [6, 6.07) is 0. The fourth-order valence-electron chi connectivity index (χ4n) is 2.75. The highest BCUT2D eigenvalue weighted by molar-refractivity contribution is 5.79. The highest BCUT2D eigenvalue weighted by Crippen LogP contribution is 2.28. The number of aryl methyl sites for hydroxylation is 1. The van der Waals surface area contributed by atoms with Crippen molar-refractivity contribution in [2.45, 2.75) is 45.1 Å². The van der Waals surface area contributed by atoms with Crippen molar-refractivity contribution < 1.29 is 0 Å². The second-order valence-corrected chi connectivity index (χ2v) is 5.50. The lowest BCUT2D eigenvalue weighted by atomic mass is 10.0. The summed E-state index contributed by atoms with van der Waals surface area (Å²) in [7, 11) is 3.73. The summed E-state index contributed by atoms with van der Waals surface area (Å²) in [4.78, 5) is 4.22. The van der Waals surface area contributed by atoms with Gasteiger partial charge in [-0.2, -0.15) is 0 Å². The second-order valence-electron chi connectivity index (χ2n) is 5.50. The van der Waals surface area contributed by atoms with Gasteiger partial charge in [-0.25, -0.2) is 0 Å². The largest absolute Gasteiger partial charge is 0.356 e. The van der Waals surface area contributed by atoms with Gasteiger partial charge in [-0.1, -0.05) is 25.7 Å². The number of aromatic nitrogens is 3. The van der Waals surface area contributed by atoms with Gasteiger partial charge in [0.15, 0.2) is 11.8 Å². The molecular formula is C14H26N6. The third-order valence-corrected chi connectivity index (χ3v) is 4.00. The maximum absolute atomic E-state index is 4.22. The molecule has 0 atom stereocenters. The first kappa shape index (κ1) is 14.8. The number of aliphatic imine (C=N–C) groups is 1. The summed E-state index contributed by atoms with van der Waals surface area (Å²) in [6.45, 7) is 1.62. The molecule has 0 saturated heterocycles. The van der Waals surface area contributed by atoms with Crippen LogP contribution in [0.3, 0.4) is 0 Å². The lowest BCUT2D eigenvalue weighted by molar-refractivity contribution is 0.481. The number of rotatable bonds is 6. The van der Waals surface area contributed by atoms with Crippen LogP contribution in [0.25, 0.3) is 0 Å². The third-order valence-electron chi connectivity index (χ3n) is 4.00. The molecule has 1 heterocycles. The van der Waals surface area contributed by atoms with Gasteiger partial charge in [-0.3, -0.25) is 4.99 Å².